The third-order valence-corrected chi connectivity index (χ3v) is 2.57. The number of aryl methyl sites for hydroxylation is 1. The minimum absolute atomic E-state index is 0.0215. The van der Waals surface area contributed by atoms with Crippen LogP contribution in [0.2, 0.25) is 0 Å². The zero-order chi connectivity index (χ0) is 13.8. The van der Waals surface area contributed by atoms with E-state index >= 15 is 0 Å². The van der Waals surface area contributed by atoms with Crippen molar-refractivity contribution in [1.82, 2.24) is 10.2 Å². The van der Waals surface area contributed by atoms with Crippen molar-refractivity contribution < 1.29 is 19.1 Å². The van der Waals surface area contributed by atoms with Gasteiger partial charge in [0.05, 0.1) is 0 Å². The highest BCUT2D eigenvalue weighted by Gasteiger charge is 2.14. The fraction of sp³-hybridized carbons (Fsp3) is 0.308. The van der Waals surface area contributed by atoms with E-state index < -0.39 is 12.1 Å². The average molecular weight is 262 g/mol. The molecule has 0 aliphatic rings. The normalized spacial score (nSPS) is 12.3. The summed E-state index contributed by atoms with van der Waals surface area (Å²) in [6, 6.07) is 7.66. The first-order chi connectivity index (χ1) is 9.06. The van der Waals surface area contributed by atoms with E-state index in [-0.39, 0.29) is 12.5 Å². The van der Waals surface area contributed by atoms with E-state index in [0.29, 0.717) is 5.89 Å². The second-order valence-corrected chi connectivity index (χ2v) is 4.16. The van der Waals surface area contributed by atoms with Gasteiger partial charge in [-0.1, -0.05) is 17.7 Å². The van der Waals surface area contributed by atoms with Crippen LogP contribution < -0.4 is 0 Å². The van der Waals surface area contributed by atoms with Crippen molar-refractivity contribution in [3.05, 3.63) is 35.7 Å². The Labute approximate surface area is 110 Å². The molecule has 0 fully saturated rings. The number of aromatic nitrogens is 2. The molecule has 19 heavy (non-hydrogen) atoms. The summed E-state index contributed by atoms with van der Waals surface area (Å²) < 4.78 is 10.5. The Kier molecular flexibility index (Phi) is 3.91. The summed E-state index contributed by atoms with van der Waals surface area (Å²) in [6.07, 6.45) is -0.908. The number of ether oxygens (including phenoxy) is 1. The van der Waals surface area contributed by atoms with Gasteiger partial charge >= 0.3 is 5.97 Å². The van der Waals surface area contributed by atoms with Crippen molar-refractivity contribution in [1.29, 1.82) is 0 Å². The molecule has 0 radical (unpaired) electrons. The van der Waals surface area contributed by atoms with Crippen LogP contribution in [0.15, 0.2) is 28.7 Å². The van der Waals surface area contributed by atoms with Crippen LogP contribution in [-0.4, -0.2) is 27.4 Å². The summed E-state index contributed by atoms with van der Waals surface area (Å²) in [4.78, 5) is 10.6. The second-order valence-electron chi connectivity index (χ2n) is 4.16. The van der Waals surface area contributed by atoms with Crippen LogP contribution in [0.3, 0.4) is 0 Å². The lowest BCUT2D eigenvalue weighted by atomic mass is 10.1. The molecule has 0 amide bonds. The SMILES string of the molecule is Cc1ccc(-c2nnc(CO[C@H](C)C(=O)O)o2)cc1. The Balaban J connectivity index is 2.03. The quantitative estimate of drug-likeness (QED) is 0.887. The average Bonchev–Trinajstić information content (AvgIpc) is 2.85. The van der Waals surface area contributed by atoms with Crippen molar-refractivity contribution in [2.24, 2.45) is 0 Å². The summed E-state index contributed by atoms with van der Waals surface area (Å²) in [5.41, 5.74) is 1.96. The molecule has 0 unspecified atom stereocenters. The fourth-order valence-corrected chi connectivity index (χ4v) is 1.39. The van der Waals surface area contributed by atoms with Crippen molar-refractivity contribution in [2.75, 3.05) is 0 Å². The zero-order valence-electron chi connectivity index (χ0n) is 10.7. The number of hydrogen-bond acceptors (Lipinski definition) is 5. The Morgan fingerprint density at radius 1 is 1.37 bits per heavy atom. The van der Waals surface area contributed by atoms with Crippen LogP contribution in [0.1, 0.15) is 18.4 Å². The first-order valence-corrected chi connectivity index (χ1v) is 5.80. The van der Waals surface area contributed by atoms with E-state index in [0.717, 1.165) is 11.1 Å². The predicted octanol–water partition coefficient (Wildman–Crippen LogP) is 2.03. The standard InChI is InChI=1S/C13H14N2O4/c1-8-3-5-10(6-4-8)12-15-14-11(19-12)7-18-9(2)13(16)17/h3-6,9H,7H2,1-2H3,(H,16,17)/t9-/m1/s1. The molecular weight excluding hydrogens is 248 g/mol. The van der Waals surface area contributed by atoms with Crippen LogP contribution in [0.5, 0.6) is 0 Å². The number of rotatable bonds is 5. The number of carboxylic acids is 1. The Morgan fingerprint density at radius 3 is 2.68 bits per heavy atom. The van der Waals surface area contributed by atoms with Gasteiger partial charge in [0, 0.05) is 5.56 Å². The molecule has 1 N–H and O–H groups in total. The van der Waals surface area contributed by atoms with Crippen LogP contribution in [0, 0.1) is 6.92 Å². The number of carboxylic acid groups (broad SMARTS) is 1. The summed E-state index contributed by atoms with van der Waals surface area (Å²) in [7, 11) is 0. The van der Waals surface area contributed by atoms with Gasteiger partial charge < -0.3 is 14.3 Å². The summed E-state index contributed by atoms with van der Waals surface area (Å²) in [6.45, 7) is 3.41. The van der Waals surface area contributed by atoms with Crippen molar-refractivity contribution >= 4 is 5.97 Å². The van der Waals surface area contributed by atoms with Gasteiger partial charge in [0.15, 0.2) is 6.10 Å². The predicted molar refractivity (Wildman–Crippen MR) is 66.4 cm³/mol. The number of aliphatic carboxylic acids is 1. The molecule has 6 heteroatoms. The molecule has 0 aliphatic carbocycles. The van der Waals surface area contributed by atoms with E-state index in [1.165, 1.54) is 6.92 Å². The minimum atomic E-state index is -1.03. The Bertz CT molecular complexity index is 562. The largest absolute Gasteiger partial charge is 0.479 e. The molecule has 1 heterocycles. The zero-order valence-corrected chi connectivity index (χ0v) is 10.7. The van der Waals surface area contributed by atoms with Crippen molar-refractivity contribution in [3.63, 3.8) is 0 Å². The molecule has 1 aromatic carbocycles. The molecule has 2 rings (SSSR count). The molecule has 1 aromatic heterocycles. The lowest BCUT2D eigenvalue weighted by molar-refractivity contribution is -0.150. The first kappa shape index (κ1) is 13.2. The smallest absolute Gasteiger partial charge is 0.332 e. The Hall–Kier alpha value is -2.21. The maximum Gasteiger partial charge on any atom is 0.332 e. The maximum atomic E-state index is 10.6. The molecule has 6 nitrogen and oxygen atoms in total. The molecule has 0 spiro atoms. The van der Waals surface area contributed by atoms with Gasteiger partial charge in [-0.05, 0) is 26.0 Å². The van der Waals surface area contributed by atoms with Crippen LogP contribution in [-0.2, 0) is 16.1 Å². The van der Waals surface area contributed by atoms with E-state index in [1.54, 1.807) is 0 Å². The molecule has 0 saturated carbocycles. The monoisotopic (exact) mass is 262 g/mol. The van der Waals surface area contributed by atoms with E-state index in [1.807, 2.05) is 31.2 Å². The molecular formula is C13H14N2O4. The van der Waals surface area contributed by atoms with Gasteiger partial charge in [0.25, 0.3) is 0 Å². The molecule has 0 saturated heterocycles. The first-order valence-electron chi connectivity index (χ1n) is 5.80. The summed E-state index contributed by atoms with van der Waals surface area (Å²) in [5.74, 6) is -0.386. The van der Waals surface area contributed by atoms with E-state index in [4.69, 9.17) is 14.3 Å². The highest BCUT2D eigenvalue weighted by Crippen LogP contribution is 2.18. The van der Waals surface area contributed by atoms with Gasteiger partial charge in [-0.3, -0.25) is 0 Å². The third-order valence-electron chi connectivity index (χ3n) is 2.57. The van der Waals surface area contributed by atoms with Gasteiger partial charge in [-0.25, -0.2) is 4.79 Å². The van der Waals surface area contributed by atoms with Gasteiger partial charge in [0.1, 0.15) is 6.61 Å². The molecule has 1 atom stereocenters. The highest BCUT2D eigenvalue weighted by molar-refractivity contribution is 5.71. The number of hydrogen-bond donors (Lipinski definition) is 1. The van der Waals surface area contributed by atoms with Crippen LogP contribution in [0.25, 0.3) is 11.5 Å². The summed E-state index contributed by atoms with van der Waals surface area (Å²) in [5, 5.41) is 16.4. The minimum Gasteiger partial charge on any atom is -0.479 e. The molecule has 2 aromatic rings. The van der Waals surface area contributed by atoms with E-state index in [9.17, 15) is 4.79 Å². The second kappa shape index (κ2) is 5.62. The molecule has 0 aliphatic heterocycles. The van der Waals surface area contributed by atoms with Gasteiger partial charge in [0.2, 0.25) is 11.8 Å². The fourth-order valence-electron chi connectivity index (χ4n) is 1.39. The number of nitrogens with zero attached hydrogens (tertiary/aromatic N) is 2. The topological polar surface area (TPSA) is 85.5 Å². The number of carbonyl (C=O) groups is 1. The molecule has 100 valence electrons. The van der Waals surface area contributed by atoms with Gasteiger partial charge in [-0.15, -0.1) is 10.2 Å². The Morgan fingerprint density at radius 2 is 2.05 bits per heavy atom. The number of benzene rings is 1. The van der Waals surface area contributed by atoms with Crippen LogP contribution >= 0.6 is 0 Å². The third kappa shape index (κ3) is 3.38. The lowest BCUT2D eigenvalue weighted by Crippen LogP contribution is -2.19. The molecule has 0 bridgehead atoms. The maximum absolute atomic E-state index is 10.6. The van der Waals surface area contributed by atoms with Crippen LogP contribution in [0.4, 0.5) is 0 Å². The van der Waals surface area contributed by atoms with Crippen molar-refractivity contribution in [3.8, 4) is 11.5 Å². The van der Waals surface area contributed by atoms with E-state index in [2.05, 4.69) is 10.2 Å². The lowest BCUT2D eigenvalue weighted by Gasteiger charge is -2.04. The van der Waals surface area contributed by atoms with Crippen molar-refractivity contribution in [2.45, 2.75) is 26.6 Å². The van der Waals surface area contributed by atoms with Gasteiger partial charge in [-0.2, -0.15) is 0 Å². The highest BCUT2D eigenvalue weighted by atomic mass is 16.5. The summed E-state index contributed by atoms with van der Waals surface area (Å²) >= 11 is 0.